The summed E-state index contributed by atoms with van der Waals surface area (Å²) in [6.07, 6.45) is 2.93. The highest BCUT2D eigenvalue weighted by Gasteiger charge is 2.04. The van der Waals surface area contributed by atoms with E-state index in [1.165, 1.54) is 0 Å². The molecule has 0 aliphatic heterocycles. The van der Waals surface area contributed by atoms with Crippen LogP contribution in [0.1, 0.15) is 11.5 Å². The summed E-state index contributed by atoms with van der Waals surface area (Å²) in [6, 6.07) is 0. The molecule has 0 saturated heterocycles. The molecule has 0 spiro atoms. The summed E-state index contributed by atoms with van der Waals surface area (Å²) in [4.78, 5) is 4.12. The minimum Gasteiger partial charge on any atom is -0.396 e. The molecule has 1 heterocycles. The smallest absolute Gasteiger partial charge is 0.110 e. The summed E-state index contributed by atoms with van der Waals surface area (Å²) >= 11 is 0. The molecule has 1 rings (SSSR count). The lowest BCUT2D eigenvalue weighted by Gasteiger charge is -2.02. The van der Waals surface area contributed by atoms with E-state index in [9.17, 15) is 0 Å². The lowest BCUT2D eigenvalue weighted by molar-refractivity contribution is 0.292. The van der Waals surface area contributed by atoms with E-state index in [1.54, 1.807) is 6.20 Å². The van der Waals surface area contributed by atoms with E-state index in [0.717, 1.165) is 11.5 Å². The van der Waals surface area contributed by atoms with Gasteiger partial charge in [-0.05, 0) is 0 Å². The third-order valence-corrected chi connectivity index (χ3v) is 1.88. The van der Waals surface area contributed by atoms with Crippen LogP contribution < -0.4 is 0 Å². The average molecular weight is 170 g/mol. The van der Waals surface area contributed by atoms with Crippen molar-refractivity contribution in [3.05, 3.63) is 17.7 Å². The zero-order chi connectivity index (χ0) is 8.97. The molecule has 0 aliphatic rings. The Bertz CT molecular complexity index is 222. The monoisotopic (exact) mass is 170 g/mol. The van der Waals surface area contributed by atoms with Gasteiger partial charge in [0.2, 0.25) is 0 Å². The van der Waals surface area contributed by atoms with Gasteiger partial charge < -0.3 is 14.8 Å². The zero-order valence-corrected chi connectivity index (χ0v) is 7.19. The molecule has 4 heteroatoms. The molecule has 4 nitrogen and oxygen atoms in total. The molecular formula is C8H14N2O2. The first-order valence-corrected chi connectivity index (χ1v) is 4.00. The molecular weight excluding hydrogens is 156 g/mol. The first-order valence-electron chi connectivity index (χ1n) is 4.00. The topological polar surface area (TPSA) is 58.3 Å². The van der Waals surface area contributed by atoms with Crippen molar-refractivity contribution in [2.24, 2.45) is 7.05 Å². The van der Waals surface area contributed by atoms with Crippen LogP contribution in [0.15, 0.2) is 6.20 Å². The van der Waals surface area contributed by atoms with Gasteiger partial charge in [-0.3, -0.25) is 0 Å². The Morgan fingerprint density at radius 1 is 1.33 bits per heavy atom. The zero-order valence-electron chi connectivity index (χ0n) is 7.19. The molecule has 0 saturated carbocycles. The minimum atomic E-state index is 0.115. The first-order chi connectivity index (χ1) is 5.79. The molecule has 0 unspecified atom stereocenters. The Kier molecular flexibility index (Phi) is 3.25. The third kappa shape index (κ3) is 1.84. The summed E-state index contributed by atoms with van der Waals surface area (Å²) in [5.74, 6) is 0.862. The Labute approximate surface area is 71.5 Å². The maximum atomic E-state index is 8.69. The third-order valence-electron chi connectivity index (χ3n) is 1.88. The Hall–Kier alpha value is -0.870. The van der Waals surface area contributed by atoms with Crippen molar-refractivity contribution < 1.29 is 10.2 Å². The van der Waals surface area contributed by atoms with Crippen molar-refractivity contribution in [1.82, 2.24) is 9.55 Å². The summed E-state index contributed by atoms with van der Waals surface area (Å²) in [7, 11) is 1.89. The van der Waals surface area contributed by atoms with E-state index in [2.05, 4.69) is 4.98 Å². The summed E-state index contributed by atoms with van der Waals surface area (Å²) in [5.41, 5.74) is 1.00. The van der Waals surface area contributed by atoms with Crippen molar-refractivity contribution in [2.45, 2.75) is 12.8 Å². The molecule has 68 valence electrons. The Morgan fingerprint density at radius 3 is 2.58 bits per heavy atom. The van der Waals surface area contributed by atoms with Crippen LogP contribution in [0.5, 0.6) is 0 Å². The molecule has 0 atom stereocenters. The van der Waals surface area contributed by atoms with E-state index in [1.807, 2.05) is 11.6 Å². The van der Waals surface area contributed by atoms with Crippen LogP contribution >= 0.6 is 0 Å². The lowest BCUT2D eigenvalue weighted by Crippen LogP contribution is -2.05. The number of hydrogen-bond acceptors (Lipinski definition) is 3. The van der Waals surface area contributed by atoms with Gasteiger partial charge >= 0.3 is 0 Å². The van der Waals surface area contributed by atoms with Crippen LogP contribution in [0, 0.1) is 0 Å². The average Bonchev–Trinajstić information content (AvgIpc) is 2.38. The predicted molar refractivity (Wildman–Crippen MR) is 44.8 cm³/mol. The van der Waals surface area contributed by atoms with Gasteiger partial charge in [-0.25, -0.2) is 4.98 Å². The van der Waals surface area contributed by atoms with Gasteiger partial charge in [0.1, 0.15) is 5.82 Å². The second kappa shape index (κ2) is 4.23. The molecule has 12 heavy (non-hydrogen) atoms. The molecule has 2 N–H and O–H groups in total. The van der Waals surface area contributed by atoms with Crippen LogP contribution in [0.3, 0.4) is 0 Å². The Morgan fingerprint density at radius 2 is 2.00 bits per heavy atom. The van der Waals surface area contributed by atoms with E-state index in [0.29, 0.717) is 12.8 Å². The number of aliphatic hydroxyl groups is 2. The number of nitrogens with zero attached hydrogens (tertiary/aromatic N) is 2. The molecule has 0 amide bonds. The highest BCUT2D eigenvalue weighted by atomic mass is 16.3. The largest absolute Gasteiger partial charge is 0.396 e. The van der Waals surface area contributed by atoms with Crippen molar-refractivity contribution in [3.63, 3.8) is 0 Å². The first kappa shape index (κ1) is 9.22. The lowest BCUT2D eigenvalue weighted by atomic mass is 10.3. The van der Waals surface area contributed by atoms with Gasteiger partial charge in [0.05, 0.1) is 6.61 Å². The molecule has 0 fully saturated rings. The van der Waals surface area contributed by atoms with Crippen molar-refractivity contribution >= 4 is 0 Å². The van der Waals surface area contributed by atoms with Gasteiger partial charge in [-0.15, -0.1) is 0 Å². The maximum absolute atomic E-state index is 8.69. The second-order valence-electron chi connectivity index (χ2n) is 2.67. The van der Waals surface area contributed by atoms with E-state index < -0.39 is 0 Å². The molecule has 1 aromatic rings. The van der Waals surface area contributed by atoms with Crippen molar-refractivity contribution in [2.75, 3.05) is 13.2 Å². The van der Waals surface area contributed by atoms with Crippen LogP contribution in [-0.2, 0) is 19.9 Å². The number of hydrogen-bond donors (Lipinski definition) is 2. The van der Waals surface area contributed by atoms with Crippen LogP contribution in [0.25, 0.3) is 0 Å². The Balaban J connectivity index is 2.74. The summed E-state index contributed by atoms with van der Waals surface area (Å²) < 4.78 is 1.91. The van der Waals surface area contributed by atoms with Crippen molar-refractivity contribution in [1.29, 1.82) is 0 Å². The van der Waals surface area contributed by atoms with Crippen LogP contribution in [0.4, 0.5) is 0 Å². The number of rotatable bonds is 4. The van der Waals surface area contributed by atoms with Gasteiger partial charge in [0.25, 0.3) is 0 Å². The molecule has 0 aliphatic carbocycles. The second-order valence-corrected chi connectivity index (χ2v) is 2.67. The number of aliphatic hydroxyl groups excluding tert-OH is 2. The molecule has 0 bridgehead atoms. The highest BCUT2D eigenvalue weighted by Crippen LogP contribution is 2.03. The highest BCUT2D eigenvalue weighted by molar-refractivity contribution is 5.05. The normalized spacial score (nSPS) is 10.6. The summed E-state index contributed by atoms with van der Waals surface area (Å²) in [6.45, 7) is 0.252. The van der Waals surface area contributed by atoms with E-state index in [4.69, 9.17) is 10.2 Å². The van der Waals surface area contributed by atoms with Crippen LogP contribution in [-0.4, -0.2) is 33.0 Å². The van der Waals surface area contributed by atoms with Gasteiger partial charge in [0, 0.05) is 38.4 Å². The predicted octanol–water partition coefficient (Wildman–Crippen LogP) is -0.510. The fourth-order valence-corrected chi connectivity index (χ4v) is 1.17. The van der Waals surface area contributed by atoms with Gasteiger partial charge in [0.15, 0.2) is 0 Å². The van der Waals surface area contributed by atoms with Gasteiger partial charge in [-0.1, -0.05) is 0 Å². The molecule has 1 aromatic heterocycles. The van der Waals surface area contributed by atoms with Crippen molar-refractivity contribution in [3.8, 4) is 0 Å². The molecule has 0 radical (unpaired) electrons. The maximum Gasteiger partial charge on any atom is 0.110 e. The van der Waals surface area contributed by atoms with E-state index in [-0.39, 0.29) is 13.2 Å². The van der Waals surface area contributed by atoms with Gasteiger partial charge in [-0.2, -0.15) is 0 Å². The van der Waals surface area contributed by atoms with Crippen LogP contribution in [0.2, 0.25) is 0 Å². The SMILES string of the molecule is Cn1c(CCO)cnc1CCO. The summed E-state index contributed by atoms with van der Waals surface area (Å²) in [5, 5.41) is 17.4. The number of imidazole rings is 1. The van der Waals surface area contributed by atoms with E-state index >= 15 is 0 Å². The fraction of sp³-hybridized carbons (Fsp3) is 0.625. The number of aromatic nitrogens is 2. The standard InChI is InChI=1S/C8H14N2O2/c1-10-7(2-4-11)6-9-8(10)3-5-12/h6,11-12H,2-5H2,1H3. The fourth-order valence-electron chi connectivity index (χ4n) is 1.17. The minimum absolute atomic E-state index is 0.115. The molecule has 0 aromatic carbocycles. The quantitative estimate of drug-likeness (QED) is 0.640.